The van der Waals surface area contributed by atoms with Crippen LogP contribution in [-0.4, -0.2) is 24.7 Å². The highest BCUT2D eigenvalue weighted by molar-refractivity contribution is 5.84. The molecule has 7 heteroatoms. The van der Waals surface area contributed by atoms with Crippen LogP contribution in [-0.2, 0) is 14.3 Å². The molecule has 96 valence electrons. The van der Waals surface area contributed by atoms with Crippen LogP contribution in [0.2, 0.25) is 0 Å². The highest BCUT2D eigenvalue weighted by Gasteiger charge is 2.16. The van der Waals surface area contributed by atoms with Crippen molar-refractivity contribution in [1.29, 1.82) is 0 Å². The molecular weight excluding hydrogens is 247 g/mol. The van der Waals surface area contributed by atoms with Gasteiger partial charge in [-0.1, -0.05) is 6.07 Å². The van der Waals surface area contributed by atoms with Crippen molar-refractivity contribution < 1.29 is 33.3 Å². The minimum Gasteiger partial charge on any atom is -0.490 e. The van der Waals surface area contributed by atoms with Crippen molar-refractivity contribution >= 4 is 12.4 Å². The number of carbonyl (C=O) groups is 2. The number of ether oxygens (including phenoxy) is 3. The van der Waals surface area contributed by atoms with Crippen LogP contribution in [0.3, 0.4) is 0 Å². The van der Waals surface area contributed by atoms with Gasteiger partial charge in [0.05, 0.1) is 7.11 Å². The highest BCUT2D eigenvalue weighted by Crippen LogP contribution is 2.30. The van der Waals surface area contributed by atoms with Gasteiger partial charge in [-0.25, -0.2) is 9.18 Å². The predicted octanol–water partition coefficient (Wildman–Crippen LogP) is 1.31. The fourth-order valence-corrected chi connectivity index (χ4v) is 1.09. The lowest BCUT2D eigenvalue weighted by molar-refractivity contribution is -0.135. The summed E-state index contributed by atoms with van der Waals surface area (Å²) < 4.78 is 27.1. The second-order valence-corrected chi connectivity index (χ2v) is 2.89. The van der Waals surface area contributed by atoms with Crippen LogP contribution in [0.15, 0.2) is 30.2 Å². The quantitative estimate of drug-likeness (QED) is 0.469. The number of para-hydroxylation sites is 1. The molecule has 18 heavy (non-hydrogen) atoms. The number of rotatable bonds is 6. The molecule has 0 aliphatic heterocycles. The van der Waals surface area contributed by atoms with Crippen LogP contribution in [0.4, 0.5) is 4.39 Å². The topological polar surface area (TPSA) is 82.1 Å². The number of aliphatic carboxylic acids is 1. The number of methoxy groups -OCH3 is 1. The van der Waals surface area contributed by atoms with Gasteiger partial charge in [0.15, 0.2) is 17.3 Å². The van der Waals surface area contributed by atoms with E-state index in [1.165, 1.54) is 19.2 Å². The second-order valence-electron chi connectivity index (χ2n) is 2.89. The molecule has 0 spiro atoms. The molecule has 0 aliphatic carbocycles. The summed E-state index contributed by atoms with van der Waals surface area (Å²) in [6.45, 7) is 0.0229. The van der Waals surface area contributed by atoms with Crippen molar-refractivity contribution in [2.75, 3.05) is 7.11 Å². The van der Waals surface area contributed by atoms with Gasteiger partial charge in [-0.2, -0.15) is 0 Å². The van der Waals surface area contributed by atoms with Gasteiger partial charge in [-0.15, -0.1) is 0 Å². The smallest absolute Gasteiger partial charge is 0.375 e. The molecule has 1 N–H and O–H groups in total. The van der Waals surface area contributed by atoms with Crippen molar-refractivity contribution in [2.24, 2.45) is 0 Å². The number of hydrogen-bond donors (Lipinski definition) is 1. The molecule has 0 atom stereocenters. The van der Waals surface area contributed by atoms with E-state index in [1.807, 2.05) is 0 Å². The number of carboxylic acid groups (broad SMARTS) is 1. The van der Waals surface area contributed by atoms with E-state index in [-0.39, 0.29) is 18.0 Å². The van der Waals surface area contributed by atoms with Crippen LogP contribution < -0.4 is 9.47 Å². The molecule has 0 aromatic heterocycles. The molecule has 0 saturated heterocycles. The summed E-state index contributed by atoms with van der Waals surface area (Å²) in [7, 11) is 1.21. The Kier molecular flexibility index (Phi) is 4.67. The third-order valence-electron chi connectivity index (χ3n) is 1.80. The molecule has 1 aromatic rings. The fraction of sp³-hybridized carbons (Fsp3) is 0.0909. The molecule has 0 saturated carbocycles. The first-order valence-electron chi connectivity index (χ1n) is 4.63. The lowest BCUT2D eigenvalue weighted by Gasteiger charge is -2.10. The first kappa shape index (κ1) is 13.5. The lowest BCUT2D eigenvalue weighted by atomic mass is 10.3. The first-order chi connectivity index (χ1) is 8.60. The van der Waals surface area contributed by atoms with E-state index in [4.69, 9.17) is 14.6 Å². The maximum Gasteiger partial charge on any atom is 0.375 e. The van der Waals surface area contributed by atoms with Gasteiger partial charge < -0.3 is 19.3 Å². The molecule has 0 radical (unpaired) electrons. The normalized spacial score (nSPS) is 10.7. The summed E-state index contributed by atoms with van der Waals surface area (Å²) >= 11 is 0. The summed E-state index contributed by atoms with van der Waals surface area (Å²) in [4.78, 5) is 20.7. The van der Waals surface area contributed by atoms with Crippen LogP contribution in [0, 0.1) is 5.82 Å². The Hall–Kier alpha value is -2.57. The number of carboxylic acids is 1. The van der Waals surface area contributed by atoms with E-state index >= 15 is 0 Å². The van der Waals surface area contributed by atoms with Crippen LogP contribution >= 0.6 is 0 Å². The zero-order valence-corrected chi connectivity index (χ0v) is 9.25. The Morgan fingerprint density at radius 3 is 2.72 bits per heavy atom. The fourth-order valence-electron chi connectivity index (χ4n) is 1.09. The number of carbonyl (C=O) groups excluding carboxylic acids is 1. The van der Waals surface area contributed by atoms with Crippen LogP contribution in [0.1, 0.15) is 0 Å². The number of halogens is 1. The van der Waals surface area contributed by atoms with Crippen molar-refractivity contribution in [3.8, 4) is 11.5 Å². The molecule has 6 nitrogen and oxygen atoms in total. The van der Waals surface area contributed by atoms with Crippen molar-refractivity contribution in [3.63, 3.8) is 0 Å². The second kappa shape index (κ2) is 6.24. The molecular formula is C11H9FO6. The lowest BCUT2D eigenvalue weighted by Crippen LogP contribution is -2.09. The molecule has 0 heterocycles. The third-order valence-corrected chi connectivity index (χ3v) is 1.80. The predicted molar refractivity (Wildman–Crippen MR) is 56.4 cm³/mol. The SMILES string of the molecule is COc1c(F)cccc1O/C(=C\OC=O)C(=O)O. The van der Waals surface area contributed by atoms with E-state index in [0.717, 1.165) is 6.07 Å². The van der Waals surface area contributed by atoms with E-state index in [2.05, 4.69) is 4.74 Å². The van der Waals surface area contributed by atoms with Crippen LogP contribution in [0.25, 0.3) is 0 Å². The number of benzene rings is 1. The van der Waals surface area contributed by atoms with E-state index < -0.39 is 17.5 Å². The minimum atomic E-state index is -1.48. The van der Waals surface area contributed by atoms with Gasteiger partial charge in [-0.3, -0.25) is 4.79 Å². The van der Waals surface area contributed by atoms with E-state index in [0.29, 0.717) is 6.26 Å². The van der Waals surface area contributed by atoms with Crippen LogP contribution in [0.5, 0.6) is 11.5 Å². The van der Waals surface area contributed by atoms with Crippen molar-refractivity contribution in [2.45, 2.75) is 0 Å². The maximum atomic E-state index is 13.3. The average molecular weight is 256 g/mol. The Morgan fingerprint density at radius 1 is 1.44 bits per heavy atom. The van der Waals surface area contributed by atoms with Crippen molar-refractivity contribution in [3.05, 3.63) is 36.0 Å². The molecule has 0 bridgehead atoms. The van der Waals surface area contributed by atoms with Gasteiger partial charge in [0, 0.05) is 0 Å². The van der Waals surface area contributed by atoms with Gasteiger partial charge in [0.1, 0.15) is 6.26 Å². The summed E-state index contributed by atoms with van der Waals surface area (Å²) in [6, 6.07) is 3.74. The largest absolute Gasteiger partial charge is 0.490 e. The Labute approximate surface area is 101 Å². The number of hydrogen-bond acceptors (Lipinski definition) is 5. The van der Waals surface area contributed by atoms with Gasteiger partial charge in [0.2, 0.25) is 5.76 Å². The minimum absolute atomic E-state index is 0.0229. The molecule has 0 amide bonds. The molecule has 1 rings (SSSR count). The molecule has 0 unspecified atom stereocenters. The molecule has 1 aromatic carbocycles. The van der Waals surface area contributed by atoms with Gasteiger partial charge in [-0.05, 0) is 12.1 Å². The van der Waals surface area contributed by atoms with E-state index in [9.17, 15) is 14.0 Å². The zero-order chi connectivity index (χ0) is 13.5. The van der Waals surface area contributed by atoms with Gasteiger partial charge >= 0.3 is 5.97 Å². The highest BCUT2D eigenvalue weighted by atomic mass is 19.1. The van der Waals surface area contributed by atoms with E-state index in [1.54, 1.807) is 0 Å². The Morgan fingerprint density at radius 2 is 2.17 bits per heavy atom. The Bertz CT molecular complexity index is 482. The summed E-state index contributed by atoms with van der Waals surface area (Å²) in [5, 5.41) is 8.77. The Balaban J connectivity index is 3.04. The summed E-state index contributed by atoms with van der Waals surface area (Å²) in [5.74, 6) is -3.29. The van der Waals surface area contributed by atoms with Gasteiger partial charge in [0.25, 0.3) is 6.47 Å². The zero-order valence-electron chi connectivity index (χ0n) is 9.25. The van der Waals surface area contributed by atoms with Crippen molar-refractivity contribution in [1.82, 2.24) is 0 Å². The monoisotopic (exact) mass is 256 g/mol. The average Bonchev–Trinajstić information content (AvgIpc) is 2.34. The first-order valence-corrected chi connectivity index (χ1v) is 4.63. The third kappa shape index (κ3) is 3.21. The standard InChI is InChI=1S/C11H9FO6/c1-16-10-7(12)3-2-4-8(10)18-9(11(14)15)5-17-6-13/h2-6H,1H3,(H,14,15)/b9-5-. The molecule has 0 aliphatic rings. The maximum absolute atomic E-state index is 13.3. The molecule has 0 fully saturated rings. The summed E-state index contributed by atoms with van der Waals surface area (Å²) in [5.41, 5.74) is 0. The summed E-state index contributed by atoms with van der Waals surface area (Å²) in [6.07, 6.45) is 0.583.